The van der Waals surface area contributed by atoms with Crippen molar-refractivity contribution < 1.29 is 0 Å². The average Bonchev–Trinajstić information content (AvgIpc) is 2.70. The van der Waals surface area contributed by atoms with E-state index in [2.05, 4.69) is 26.6 Å². The lowest BCUT2D eigenvalue weighted by molar-refractivity contribution is 0.518. The first kappa shape index (κ1) is 30.2. The molecule has 181 valence electrons. The summed E-state index contributed by atoms with van der Waals surface area (Å²) in [4.78, 5) is 0. The summed E-state index contributed by atoms with van der Waals surface area (Å²) in [5, 5.41) is 0. The van der Waals surface area contributed by atoms with Crippen LogP contribution in [0.25, 0.3) is 0 Å². The van der Waals surface area contributed by atoms with Crippen LogP contribution in [0.4, 0.5) is 0 Å². The molecule has 0 spiro atoms. The third kappa shape index (κ3) is 28.2. The van der Waals surface area contributed by atoms with Crippen molar-refractivity contribution in [2.45, 2.75) is 180 Å². The smallest absolute Gasteiger partial charge is 0.0442 e. The minimum atomic E-state index is -0.777. The second-order valence-corrected chi connectivity index (χ2v) is 16.9. The largest absolute Gasteiger partial charge is 0.0695 e. The fourth-order valence-electron chi connectivity index (χ4n) is 4.54. The molecule has 0 unspecified atom stereocenters. The molecule has 0 heterocycles. The summed E-state index contributed by atoms with van der Waals surface area (Å²) in [5.74, 6) is 0. The maximum Gasteiger partial charge on any atom is 0.0442 e. The molecule has 0 aliphatic rings. The Balaban J connectivity index is 3.02. The molecule has 0 aromatic heterocycles. The molecule has 1 heteroatoms. The summed E-state index contributed by atoms with van der Waals surface area (Å²) in [5.41, 5.74) is 0. The molecule has 0 fully saturated rings. The molecular weight excluding hydrogens is 376 g/mol. The van der Waals surface area contributed by atoms with Gasteiger partial charge in [-0.3, -0.25) is 0 Å². The van der Waals surface area contributed by atoms with Gasteiger partial charge in [-0.15, -0.1) is 0 Å². The Morgan fingerprint density at radius 3 is 0.733 bits per heavy atom. The Morgan fingerprint density at radius 1 is 0.333 bits per heavy atom. The van der Waals surface area contributed by atoms with Crippen LogP contribution < -0.4 is 0 Å². The molecule has 0 saturated carbocycles. The summed E-state index contributed by atoms with van der Waals surface area (Å²) in [6, 6.07) is 1.53. The van der Waals surface area contributed by atoms with Gasteiger partial charge in [0.05, 0.1) is 0 Å². The Hall–Kier alpha value is 0.217. The summed E-state index contributed by atoms with van der Waals surface area (Å²) in [6.45, 7) is 11.4. The van der Waals surface area contributed by atoms with Gasteiger partial charge in [0, 0.05) is 8.07 Å². The van der Waals surface area contributed by atoms with Gasteiger partial charge in [-0.2, -0.15) is 0 Å². The van der Waals surface area contributed by atoms with Gasteiger partial charge in [-0.1, -0.05) is 187 Å². The van der Waals surface area contributed by atoms with Gasteiger partial charge in [0.1, 0.15) is 0 Å². The number of rotatable bonds is 25. The molecule has 0 aromatic rings. The van der Waals surface area contributed by atoms with Crippen molar-refractivity contribution in [2.75, 3.05) is 0 Å². The van der Waals surface area contributed by atoms with Crippen LogP contribution in [0.3, 0.4) is 0 Å². The van der Waals surface area contributed by atoms with Crippen LogP contribution in [0.15, 0.2) is 0 Å². The van der Waals surface area contributed by atoms with Crippen LogP contribution in [-0.2, 0) is 0 Å². The second kappa shape index (κ2) is 23.9. The molecule has 0 N–H and O–H groups in total. The van der Waals surface area contributed by atoms with Gasteiger partial charge in [0.15, 0.2) is 0 Å². The molecule has 0 aliphatic heterocycles. The van der Waals surface area contributed by atoms with Crippen LogP contribution in [0.2, 0.25) is 25.7 Å². The zero-order chi connectivity index (χ0) is 22.2. The van der Waals surface area contributed by atoms with E-state index in [1.165, 1.54) is 154 Å². The normalized spacial score (nSPS) is 12.0. The third-order valence-electron chi connectivity index (χ3n) is 6.68. The second-order valence-electron chi connectivity index (χ2n) is 11.3. The quantitative estimate of drug-likeness (QED) is 0.0983. The molecule has 0 aliphatic carbocycles. The highest BCUT2D eigenvalue weighted by Gasteiger charge is 2.11. The van der Waals surface area contributed by atoms with Crippen LogP contribution in [0.1, 0.15) is 154 Å². The predicted octanol–water partition coefficient (Wildman–Crippen LogP) is 11.5. The van der Waals surface area contributed by atoms with Crippen molar-refractivity contribution in [3.05, 3.63) is 6.92 Å². The lowest BCUT2D eigenvalue weighted by Gasteiger charge is -2.14. The Labute approximate surface area is 194 Å². The fraction of sp³-hybridized carbons (Fsp3) is 0.966. The van der Waals surface area contributed by atoms with Crippen molar-refractivity contribution in [3.63, 3.8) is 0 Å². The van der Waals surface area contributed by atoms with E-state index in [1.54, 1.807) is 0 Å². The lowest BCUT2D eigenvalue weighted by Crippen LogP contribution is -2.18. The molecule has 0 amide bonds. The summed E-state index contributed by atoms with van der Waals surface area (Å²) < 4.78 is 0. The van der Waals surface area contributed by atoms with Crippen molar-refractivity contribution in [3.8, 4) is 0 Å². The Kier molecular flexibility index (Phi) is 24.0. The van der Waals surface area contributed by atoms with Gasteiger partial charge in [-0.05, 0) is 0 Å². The molecule has 0 bridgehead atoms. The van der Waals surface area contributed by atoms with E-state index in [0.717, 1.165) is 6.42 Å². The summed E-state index contributed by atoms with van der Waals surface area (Å²) in [6.07, 6.45) is 35.0. The zero-order valence-corrected chi connectivity index (χ0v) is 22.9. The first-order valence-electron chi connectivity index (χ1n) is 14.4. The van der Waals surface area contributed by atoms with Crippen LogP contribution in [0, 0.1) is 6.92 Å². The molecule has 0 rings (SSSR count). The minimum absolute atomic E-state index is 0.777. The van der Waals surface area contributed by atoms with Gasteiger partial charge >= 0.3 is 0 Å². The van der Waals surface area contributed by atoms with Crippen LogP contribution >= 0.6 is 0 Å². The van der Waals surface area contributed by atoms with E-state index < -0.39 is 8.07 Å². The lowest BCUT2D eigenvalue weighted by atomic mass is 10.0. The van der Waals surface area contributed by atoms with Gasteiger partial charge in [-0.25, -0.2) is 0 Å². The topological polar surface area (TPSA) is 0 Å². The molecule has 0 nitrogen and oxygen atoms in total. The number of unbranched alkanes of at least 4 members (excludes halogenated alkanes) is 23. The third-order valence-corrected chi connectivity index (χ3v) is 8.53. The van der Waals surface area contributed by atoms with Crippen LogP contribution in [0.5, 0.6) is 0 Å². The van der Waals surface area contributed by atoms with E-state index in [4.69, 9.17) is 0 Å². The Morgan fingerprint density at radius 2 is 0.533 bits per heavy atom. The molecule has 1 radical (unpaired) electrons. The molecular formula is C29H61Si. The highest BCUT2D eigenvalue weighted by Crippen LogP contribution is 2.17. The summed E-state index contributed by atoms with van der Waals surface area (Å²) in [7, 11) is -0.777. The van der Waals surface area contributed by atoms with Crippen molar-refractivity contribution in [1.29, 1.82) is 0 Å². The minimum Gasteiger partial charge on any atom is -0.0695 e. The first-order valence-corrected chi connectivity index (χ1v) is 18.1. The molecule has 0 atom stereocenters. The van der Waals surface area contributed by atoms with Gasteiger partial charge < -0.3 is 0 Å². The van der Waals surface area contributed by atoms with E-state index in [0.29, 0.717) is 0 Å². The number of hydrogen-bond donors (Lipinski definition) is 0. The van der Waals surface area contributed by atoms with Gasteiger partial charge in [0.25, 0.3) is 0 Å². The van der Waals surface area contributed by atoms with E-state index in [9.17, 15) is 0 Å². The van der Waals surface area contributed by atoms with Crippen molar-refractivity contribution >= 4 is 8.07 Å². The highest BCUT2D eigenvalue weighted by atomic mass is 28.3. The van der Waals surface area contributed by atoms with E-state index in [-0.39, 0.29) is 0 Å². The average molecular weight is 438 g/mol. The van der Waals surface area contributed by atoms with Crippen LogP contribution in [-0.4, -0.2) is 8.07 Å². The van der Waals surface area contributed by atoms with E-state index in [1.807, 2.05) is 0 Å². The Bertz CT molecular complexity index is 304. The summed E-state index contributed by atoms with van der Waals surface area (Å²) >= 11 is 0. The maximum absolute atomic E-state index is 3.92. The fourth-order valence-corrected chi connectivity index (χ4v) is 5.86. The molecule has 30 heavy (non-hydrogen) atoms. The monoisotopic (exact) mass is 437 g/mol. The van der Waals surface area contributed by atoms with Crippen molar-refractivity contribution in [1.82, 2.24) is 0 Å². The van der Waals surface area contributed by atoms with Crippen molar-refractivity contribution in [2.24, 2.45) is 0 Å². The first-order chi connectivity index (χ1) is 14.6. The standard InChI is InChI=1S/C29H61Si/c1-5-6-7-8-9-10-11-12-13-14-15-16-17-18-19-20-21-22-23-24-25-26-27-28-29-30(2,3)4/h1,5-29H2,2-4H3. The predicted molar refractivity (Wildman–Crippen MR) is 144 cm³/mol. The molecule has 0 saturated heterocycles. The van der Waals surface area contributed by atoms with E-state index >= 15 is 0 Å². The van der Waals surface area contributed by atoms with Gasteiger partial charge in [0.2, 0.25) is 0 Å². The molecule has 0 aromatic carbocycles. The zero-order valence-electron chi connectivity index (χ0n) is 21.9. The highest BCUT2D eigenvalue weighted by molar-refractivity contribution is 6.76. The maximum atomic E-state index is 3.92. The number of hydrogen-bond acceptors (Lipinski definition) is 0. The SMILES string of the molecule is [CH2]CCCCCCCCCCCCCCCCCCCCCCCCC[Si](C)(C)C.